The zero-order chi connectivity index (χ0) is 11.5. The summed E-state index contributed by atoms with van der Waals surface area (Å²) in [6.07, 6.45) is 4.80. The number of nitrogens with zero attached hydrogens (tertiary/aromatic N) is 1. The Bertz CT molecular complexity index is 409. The average molecular weight is 257 g/mol. The van der Waals surface area contributed by atoms with E-state index in [9.17, 15) is 0 Å². The maximum atomic E-state index is 5.97. The van der Waals surface area contributed by atoms with Gasteiger partial charge in [-0.25, -0.2) is 4.99 Å². The summed E-state index contributed by atoms with van der Waals surface area (Å²) >= 11 is 11.7. The summed E-state index contributed by atoms with van der Waals surface area (Å²) in [6, 6.07) is 5.31. The molecular formula is C12H14Cl2N2. The summed E-state index contributed by atoms with van der Waals surface area (Å²) in [5, 5.41) is 1.06. The molecule has 1 fully saturated rings. The number of hydrogen-bond donors (Lipinski definition) is 1. The monoisotopic (exact) mass is 256 g/mol. The SMILES string of the molecule is NC(=Nc1ccc(Cl)c(Cl)c1)C1CCCC1. The van der Waals surface area contributed by atoms with E-state index in [1.807, 2.05) is 6.07 Å². The third-order valence-electron chi connectivity index (χ3n) is 2.93. The predicted molar refractivity (Wildman–Crippen MR) is 69.7 cm³/mol. The maximum Gasteiger partial charge on any atom is 0.103 e. The molecule has 0 aromatic heterocycles. The molecule has 16 heavy (non-hydrogen) atoms. The Morgan fingerprint density at radius 2 is 1.88 bits per heavy atom. The quantitative estimate of drug-likeness (QED) is 0.626. The van der Waals surface area contributed by atoms with Crippen LogP contribution in [0.3, 0.4) is 0 Å². The van der Waals surface area contributed by atoms with Crippen molar-refractivity contribution in [1.29, 1.82) is 0 Å². The van der Waals surface area contributed by atoms with Gasteiger partial charge in [0.05, 0.1) is 15.7 Å². The van der Waals surface area contributed by atoms with Crippen LogP contribution >= 0.6 is 23.2 Å². The molecule has 4 heteroatoms. The minimum Gasteiger partial charge on any atom is -0.387 e. The second-order valence-electron chi connectivity index (χ2n) is 4.12. The van der Waals surface area contributed by atoms with Crippen LogP contribution < -0.4 is 5.73 Å². The molecule has 1 aromatic carbocycles. The molecule has 0 bridgehead atoms. The molecule has 0 unspecified atom stereocenters. The lowest BCUT2D eigenvalue weighted by molar-refractivity contribution is 0.722. The van der Waals surface area contributed by atoms with Gasteiger partial charge < -0.3 is 5.73 Å². The van der Waals surface area contributed by atoms with Crippen molar-refractivity contribution in [3.63, 3.8) is 0 Å². The van der Waals surface area contributed by atoms with Gasteiger partial charge in [-0.15, -0.1) is 0 Å². The second-order valence-corrected chi connectivity index (χ2v) is 4.93. The lowest BCUT2D eigenvalue weighted by atomic mass is 10.1. The molecular weight excluding hydrogens is 243 g/mol. The largest absolute Gasteiger partial charge is 0.387 e. The van der Waals surface area contributed by atoms with Gasteiger partial charge in [-0.2, -0.15) is 0 Å². The summed E-state index contributed by atoms with van der Waals surface area (Å²) in [4.78, 5) is 4.39. The number of amidine groups is 1. The Balaban J connectivity index is 2.17. The van der Waals surface area contributed by atoms with Crippen molar-refractivity contribution in [3.8, 4) is 0 Å². The molecule has 0 atom stereocenters. The molecule has 0 amide bonds. The van der Waals surface area contributed by atoms with Crippen LogP contribution in [0.15, 0.2) is 23.2 Å². The van der Waals surface area contributed by atoms with Gasteiger partial charge in [0.25, 0.3) is 0 Å². The molecule has 0 spiro atoms. The standard InChI is InChI=1S/C12H14Cl2N2/c13-10-6-5-9(7-11(10)14)16-12(15)8-3-1-2-4-8/h5-8H,1-4H2,(H2,15,16). The van der Waals surface area contributed by atoms with E-state index in [0.717, 1.165) is 24.4 Å². The van der Waals surface area contributed by atoms with Crippen LogP contribution in [-0.4, -0.2) is 5.84 Å². The summed E-state index contributed by atoms with van der Waals surface area (Å²) in [6.45, 7) is 0. The molecule has 0 radical (unpaired) electrons. The van der Waals surface area contributed by atoms with Crippen molar-refractivity contribution >= 4 is 34.7 Å². The van der Waals surface area contributed by atoms with E-state index in [2.05, 4.69) is 4.99 Å². The Kier molecular flexibility index (Phi) is 3.72. The Morgan fingerprint density at radius 1 is 1.19 bits per heavy atom. The number of hydrogen-bond acceptors (Lipinski definition) is 1. The Labute approximate surface area is 105 Å². The second kappa shape index (κ2) is 5.07. The number of aliphatic imine (C=N–C) groups is 1. The van der Waals surface area contributed by atoms with E-state index in [4.69, 9.17) is 28.9 Å². The minimum absolute atomic E-state index is 0.439. The van der Waals surface area contributed by atoms with Crippen LogP contribution in [0.25, 0.3) is 0 Å². The summed E-state index contributed by atoms with van der Waals surface area (Å²) in [5.74, 6) is 1.16. The summed E-state index contributed by atoms with van der Waals surface area (Å²) in [5.41, 5.74) is 6.75. The van der Waals surface area contributed by atoms with Crippen molar-refractivity contribution in [1.82, 2.24) is 0 Å². The highest BCUT2D eigenvalue weighted by atomic mass is 35.5. The van der Waals surface area contributed by atoms with E-state index in [0.29, 0.717) is 16.0 Å². The molecule has 0 aliphatic heterocycles. The van der Waals surface area contributed by atoms with E-state index >= 15 is 0 Å². The fraction of sp³-hybridized carbons (Fsp3) is 0.417. The fourth-order valence-corrected chi connectivity index (χ4v) is 2.31. The van der Waals surface area contributed by atoms with Crippen LogP contribution in [0, 0.1) is 5.92 Å². The van der Waals surface area contributed by atoms with E-state index in [1.165, 1.54) is 12.8 Å². The highest BCUT2D eigenvalue weighted by Crippen LogP contribution is 2.29. The van der Waals surface area contributed by atoms with Crippen molar-refractivity contribution in [2.75, 3.05) is 0 Å². The molecule has 1 aliphatic rings. The van der Waals surface area contributed by atoms with Crippen LogP contribution in [0.5, 0.6) is 0 Å². The minimum atomic E-state index is 0.439. The van der Waals surface area contributed by atoms with E-state index < -0.39 is 0 Å². The first-order chi connectivity index (χ1) is 7.66. The molecule has 0 saturated heterocycles. The van der Waals surface area contributed by atoms with Crippen LogP contribution in [0.1, 0.15) is 25.7 Å². The summed E-state index contributed by atoms with van der Waals surface area (Å²) in [7, 11) is 0. The van der Waals surface area contributed by atoms with Gasteiger partial charge in [0.2, 0.25) is 0 Å². The Morgan fingerprint density at radius 3 is 2.50 bits per heavy atom. The molecule has 1 aliphatic carbocycles. The average Bonchev–Trinajstić information content (AvgIpc) is 2.77. The third kappa shape index (κ3) is 2.69. The molecule has 0 heterocycles. The molecule has 1 aromatic rings. The molecule has 86 valence electrons. The topological polar surface area (TPSA) is 38.4 Å². The number of nitrogens with two attached hydrogens (primary N) is 1. The number of rotatable bonds is 2. The van der Waals surface area contributed by atoms with Gasteiger partial charge in [-0.1, -0.05) is 36.0 Å². The van der Waals surface area contributed by atoms with Gasteiger partial charge in [-0.3, -0.25) is 0 Å². The van der Waals surface area contributed by atoms with Crippen molar-refractivity contribution in [3.05, 3.63) is 28.2 Å². The Hall–Kier alpha value is -0.730. The van der Waals surface area contributed by atoms with Gasteiger partial charge >= 0.3 is 0 Å². The molecule has 2 N–H and O–H groups in total. The first kappa shape index (κ1) is 11.7. The highest BCUT2D eigenvalue weighted by Gasteiger charge is 2.18. The first-order valence-electron chi connectivity index (χ1n) is 5.46. The van der Waals surface area contributed by atoms with E-state index in [-0.39, 0.29) is 0 Å². The molecule has 1 saturated carbocycles. The third-order valence-corrected chi connectivity index (χ3v) is 3.67. The van der Waals surface area contributed by atoms with Gasteiger partial charge in [0.15, 0.2) is 0 Å². The first-order valence-corrected chi connectivity index (χ1v) is 6.21. The molecule has 2 nitrogen and oxygen atoms in total. The number of halogens is 2. The van der Waals surface area contributed by atoms with Crippen LogP contribution in [0.2, 0.25) is 10.0 Å². The molecule has 2 rings (SSSR count). The highest BCUT2D eigenvalue weighted by molar-refractivity contribution is 6.42. The fourth-order valence-electron chi connectivity index (χ4n) is 2.02. The zero-order valence-corrected chi connectivity index (χ0v) is 10.4. The summed E-state index contributed by atoms with van der Waals surface area (Å²) < 4.78 is 0. The van der Waals surface area contributed by atoms with Gasteiger partial charge in [0, 0.05) is 5.92 Å². The smallest absolute Gasteiger partial charge is 0.103 e. The lowest BCUT2D eigenvalue weighted by Gasteiger charge is -2.08. The van der Waals surface area contributed by atoms with Crippen LogP contribution in [0.4, 0.5) is 5.69 Å². The van der Waals surface area contributed by atoms with Crippen molar-refractivity contribution in [2.24, 2.45) is 16.6 Å². The lowest BCUT2D eigenvalue weighted by Crippen LogP contribution is -2.20. The predicted octanol–water partition coefficient (Wildman–Crippen LogP) is 4.17. The zero-order valence-electron chi connectivity index (χ0n) is 8.92. The number of benzene rings is 1. The van der Waals surface area contributed by atoms with Gasteiger partial charge in [0.1, 0.15) is 5.84 Å². The van der Waals surface area contributed by atoms with Crippen molar-refractivity contribution < 1.29 is 0 Å². The van der Waals surface area contributed by atoms with Crippen molar-refractivity contribution in [2.45, 2.75) is 25.7 Å². The van der Waals surface area contributed by atoms with Crippen LogP contribution in [-0.2, 0) is 0 Å². The normalized spacial score (nSPS) is 18.0. The maximum absolute atomic E-state index is 5.97. The van der Waals surface area contributed by atoms with E-state index in [1.54, 1.807) is 12.1 Å². The van der Waals surface area contributed by atoms with Gasteiger partial charge in [-0.05, 0) is 31.0 Å².